The Morgan fingerprint density at radius 2 is 2.07 bits per heavy atom. The lowest BCUT2D eigenvalue weighted by Gasteiger charge is -2.07. The van der Waals surface area contributed by atoms with Crippen molar-refractivity contribution in [2.45, 2.75) is 19.1 Å². The van der Waals surface area contributed by atoms with E-state index in [0.29, 0.717) is 13.1 Å². The smallest absolute Gasteiger partial charge is 0.315 e. The van der Waals surface area contributed by atoms with Crippen molar-refractivity contribution in [3.8, 4) is 0 Å². The summed E-state index contributed by atoms with van der Waals surface area (Å²) in [7, 11) is 0. The Hall–Kier alpha value is -1.04. The van der Waals surface area contributed by atoms with Gasteiger partial charge in [0.25, 0.3) is 0 Å². The highest BCUT2D eigenvalue weighted by molar-refractivity contribution is 4.77. The molecule has 0 spiro atoms. The number of nitrogens with zero attached hydrogens (tertiary/aromatic N) is 2. The molecule has 0 unspecified atom stereocenters. The third kappa shape index (κ3) is 4.86. The number of hydrogen-bond acceptors (Lipinski definition) is 2. The topological polar surface area (TPSA) is 29.9 Å². The summed E-state index contributed by atoms with van der Waals surface area (Å²) in [5.41, 5.74) is 0. The van der Waals surface area contributed by atoms with Crippen molar-refractivity contribution in [1.82, 2.24) is 15.1 Å². The molecule has 0 saturated heterocycles. The quantitative estimate of drug-likeness (QED) is 0.740. The van der Waals surface area contributed by atoms with E-state index >= 15 is 0 Å². The molecule has 0 radical (unpaired) electrons. The van der Waals surface area contributed by atoms with Crippen molar-refractivity contribution in [2.24, 2.45) is 0 Å². The fourth-order valence-electron chi connectivity index (χ4n) is 0.981. The van der Waals surface area contributed by atoms with Crippen LogP contribution in [0.4, 0.5) is 13.2 Å². The van der Waals surface area contributed by atoms with E-state index in [1.165, 1.54) is 0 Å². The highest BCUT2D eigenvalue weighted by Crippen LogP contribution is 2.17. The highest BCUT2D eigenvalue weighted by Gasteiger charge is 2.25. The van der Waals surface area contributed by atoms with Crippen LogP contribution in [0.3, 0.4) is 0 Å². The number of halogens is 3. The molecule has 0 saturated carbocycles. The summed E-state index contributed by atoms with van der Waals surface area (Å²) < 4.78 is 36.8. The Balaban J connectivity index is 2.00. The summed E-state index contributed by atoms with van der Waals surface area (Å²) in [6.45, 7) is 1.05. The molecule has 0 atom stereocenters. The van der Waals surface area contributed by atoms with E-state index in [2.05, 4.69) is 10.4 Å². The molecule has 0 bridgehead atoms. The van der Waals surface area contributed by atoms with E-state index < -0.39 is 12.6 Å². The van der Waals surface area contributed by atoms with Crippen molar-refractivity contribution in [3.05, 3.63) is 18.5 Å². The second kappa shape index (κ2) is 4.99. The maximum atomic E-state index is 11.7. The number of aromatic nitrogens is 2. The molecule has 1 heterocycles. The summed E-state index contributed by atoms with van der Waals surface area (Å²) in [5.74, 6) is 0. The van der Waals surface area contributed by atoms with Crippen LogP contribution in [0, 0.1) is 0 Å². The molecule has 0 fully saturated rings. The normalized spacial score (nSPS) is 11.9. The van der Waals surface area contributed by atoms with Crippen LogP contribution in [-0.2, 0) is 6.54 Å². The molecule has 1 aromatic rings. The first-order valence-electron chi connectivity index (χ1n) is 4.33. The maximum Gasteiger partial charge on any atom is 0.390 e. The number of hydrogen-bond donors (Lipinski definition) is 1. The van der Waals surface area contributed by atoms with Gasteiger partial charge in [0.15, 0.2) is 0 Å². The van der Waals surface area contributed by atoms with E-state index in [9.17, 15) is 13.2 Å². The average Bonchev–Trinajstić information content (AvgIpc) is 2.54. The van der Waals surface area contributed by atoms with E-state index in [0.717, 1.165) is 0 Å². The molecule has 1 N–H and O–H groups in total. The second-order valence-corrected chi connectivity index (χ2v) is 2.88. The first-order valence-corrected chi connectivity index (χ1v) is 4.33. The van der Waals surface area contributed by atoms with Gasteiger partial charge in [0.1, 0.15) is 0 Å². The summed E-state index contributed by atoms with van der Waals surface area (Å²) in [6.07, 6.45) is -1.45. The molecule has 80 valence electrons. The average molecular weight is 207 g/mol. The first-order chi connectivity index (χ1) is 6.58. The predicted molar refractivity (Wildman–Crippen MR) is 45.8 cm³/mol. The van der Waals surface area contributed by atoms with Gasteiger partial charge in [-0.05, 0) is 6.07 Å². The van der Waals surface area contributed by atoms with Crippen molar-refractivity contribution in [1.29, 1.82) is 0 Å². The summed E-state index contributed by atoms with van der Waals surface area (Å²) >= 11 is 0. The lowest BCUT2D eigenvalue weighted by Crippen LogP contribution is -2.25. The predicted octanol–water partition coefficient (Wildman–Crippen LogP) is 1.43. The molecule has 1 aromatic heterocycles. The third-order valence-electron chi connectivity index (χ3n) is 1.66. The molecular weight excluding hydrogens is 195 g/mol. The fraction of sp³-hybridized carbons (Fsp3) is 0.625. The molecule has 0 aliphatic carbocycles. The van der Waals surface area contributed by atoms with Crippen LogP contribution in [0.25, 0.3) is 0 Å². The third-order valence-corrected chi connectivity index (χ3v) is 1.66. The monoisotopic (exact) mass is 207 g/mol. The van der Waals surface area contributed by atoms with Crippen molar-refractivity contribution in [3.63, 3.8) is 0 Å². The molecule has 0 aliphatic rings. The largest absolute Gasteiger partial charge is 0.390 e. The molecular formula is C8H12F3N3. The molecule has 0 aliphatic heterocycles. The molecule has 0 amide bonds. The van der Waals surface area contributed by atoms with Crippen LogP contribution in [-0.4, -0.2) is 29.0 Å². The van der Waals surface area contributed by atoms with Crippen molar-refractivity contribution < 1.29 is 13.2 Å². The zero-order chi connectivity index (χ0) is 10.4. The lowest BCUT2D eigenvalue weighted by atomic mass is 10.4. The Morgan fingerprint density at radius 3 is 2.64 bits per heavy atom. The van der Waals surface area contributed by atoms with E-state index in [1.54, 1.807) is 23.1 Å². The Kier molecular flexibility index (Phi) is 3.94. The number of alkyl halides is 3. The van der Waals surface area contributed by atoms with Gasteiger partial charge in [-0.1, -0.05) is 0 Å². The highest BCUT2D eigenvalue weighted by atomic mass is 19.4. The Bertz CT molecular complexity index is 243. The Labute approximate surface area is 79.9 Å². The fourth-order valence-corrected chi connectivity index (χ4v) is 0.981. The van der Waals surface area contributed by atoms with Gasteiger partial charge in [-0.15, -0.1) is 0 Å². The van der Waals surface area contributed by atoms with E-state index in [-0.39, 0.29) is 6.54 Å². The van der Waals surface area contributed by atoms with Crippen LogP contribution in [0.15, 0.2) is 18.5 Å². The van der Waals surface area contributed by atoms with Crippen LogP contribution < -0.4 is 5.32 Å². The van der Waals surface area contributed by atoms with E-state index in [4.69, 9.17) is 0 Å². The van der Waals surface area contributed by atoms with Gasteiger partial charge in [0, 0.05) is 25.5 Å². The van der Waals surface area contributed by atoms with Crippen LogP contribution in [0.2, 0.25) is 0 Å². The van der Waals surface area contributed by atoms with Crippen molar-refractivity contribution >= 4 is 0 Å². The number of rotatable bonds is 5. The minimum Gasteiger partial charge on any atom is -0.315 e. The van der Waals surface area contributed by atoms with Gasteiger partial charge in [-0.25, -0.2) is 0 Å². The van der Waals surface area contributed by atoms with Gasteiger partial charge >= 0.3 is 6.18 Å². The van der Waals surface area contributed by atoms with Gasteiger partial charge < -0.3 is 5.32 Å². The van der Waals surface area contributed by atoms with Gasteiger partial charge in [-0.3, -0.25) is 4.68 Å². The van der Waals surface area contributed by atoms with E-state index in [1.807, 2.05) is 0 Å². The van der Waals surface area contributed by atoms with Gasteiger partial charge in [0.05, 0.1) is 13.0 Å². The zero-order valence-corrected chi connectivity index (χ0v) is 7.59. The SMILES string of the molecule is FC(F)(F)CCNCCn1cccn1. The first kappa shape index (κ1) is 11.0. The standard InChI is InChI=1S/C8H12F3N3/c9-8(10,11)2-4-12-5-7-14-6-1-3-13-14/h1,3,6,12H,2,4-5,7H2. The molecule has 14 heavy (non-hydrogen) atoms. The lowest BCUT2D eigenvalue weighted by molar-refractivity contribution is -0.133. The van der Waals surface area contributed by atoms with Gasteiger partial charge in [-0.2, -0.15) is 18.3 Å². The molecule has 6 heteroatoms. The summed E-state index contributed by atoms with van der Waals surface area (Å²) in [6, 6.07) is 1.77. The summed E-state index contributed by atoms with van der Waals surface area (Å²) in [4.78, 5) is 0. The van der Waals surface area contributed by atoms with Gasteiger partial charge in [0.2, 0.25) is 0 Å². The molecule has 1 rings (SSSR count). The minimum atomic E-state index is -4.07. The van der Waals surface area contributed by atoms with Crippen molar-refractivity contribution in [2.75, 3.05) is 13.1 Å². The van der Waals surface area contributed by atoms with Crippen LogP contribution >= 0.6 is 0 Å². The zero-order valence-electron chi connectivity index (χ0n) is 7.59. The molecule has 3 nitrogen and oxygen atoms in total. The van der Waals surface area contributed by atoms with Crippen LogP contribution in [0.1, 0.15) is 6.42 Å². The molecule has 0 aromatic carbocycles. The number of nitrogens with one attached hydrogen (secondary N) is 1. The van der Waals surface area contributed by atoms with Crippen LogP contribution in [0.5, 0.6) is 0 Å². The maximum absolute atomic E-state index is 11.7. The second-order valence-electron chi connectivity index (χ2n) is 2.88. The Morgan fingerprint density at radius 1 is 1.29 bits per heavy atom. The minimum absolute atomic E-state index is 0.0369. The summed E-state index contributed by atoms with van der Waals surface area (Å²) in [5, 5.41) is 6.62.